The highest BCUT2D eigenvalue weighted by molar-refractivity contribution is 5.79. The third-order valence-corrected chi connectivity index (χ3v) is 3.48. The number of carbonyl (C=O) groups is 2. The molecule has 1 aliphatic rings. The standard InChI is InChI=1S/C13H23NO3/c1-10(13(16)17)9-14-12(15)11-7-5-3-2-4-6-8-11/h10-11H,2-9H2,1H3,(H,14,15)(H,16,17). The van der Waals surface area contributed by atoms with Crippen LogP contribution in [-0.4, -0.2) is 23.5 Å². The summed E-state index contributed by atoms with van der Waals surface area (Å²) in [5.41, 5.74) is 0. The molecule has 0 aromatic heterocycles. The number of hydrogen-bond donors (Lipinski definition) is 2. The summed E-state index contributed by atoms with van der Waals surface area (Å²) in [7, 11) is 0. The molecule has 0 radical (unpaired) electrons. The van der Waals surface area contributed by atoms with E-state index in [-0.39, 0.29) is 18.4 Å². The van der Waals surface area contributed by atoms with Crippen LogP contribution in [0.1, 0.15) is 51.9 Å². The molecule has 17 heavy (non-hydrogen) atoms. The Balaban J connectivity index is 2.32. The molecule has 98 valence electrons. The molecule has 4 heteroatoms. The van der Waals surface area contributed by atoms with Gasteiger partial charge in [-0.15, -0.1) is 0 Å². The first-order chi connectivity index (χ1) is 8.11. The maximum Gasteiger partial charge on any atom is 0.308 e. The molecule has 0 saturated heterocycles. The third kappa shape index (κ3) is 5.20. The first-order valence-corrected chi connectivity index (χ1v) is 6.61. The molecular weight excluding hydrogens is 218 g/mol. The number of aliphatic carboxylic acids is 1. The number of rotatable bonds is 4. The van der Waals surface area contributed by atoms with Gasteiger partial charge in [0.1, 0.15) is 0 Å². The summed E-state index contributed by atoms with van der Waals surface area (Å²) in [4.78, 5) is 22.5. The van der Waals surface area contributed by atoms with Crippen LogP contribution in [0, 0.1) is 11.8 Å². The smallest absolute Gasteiger partial charge is 0.308 e. The summed E-state index contributed by atoms with van der Waals surface area (Å²) in [5, 5.41) is 11.5. The van der Waals surface area contributed by atoms with Crippen LogP contribution in [0.3, 0.4) is 0 Å². The van der Waals surface area contributed by atoms with Crippen LogP contribution in [0.15, 0.2) is 0 Å². The van der Waals surface area contributed by atoms with Crippen molar-refractivity contribution in [3.05, 3.63) is 0 Å². The highest BCUT2D eigenvalue weighted by Crippen LogP contribution is 2.22. The van der Waals surface area contributed by atoms with Crippen molar-refractivity contribution in [2.75, 3.05) is 6.54 Å². The topological polar surface area (TPSA) is 66.4 Å². The molecule has 0 heterocycles. The van der Waals surface area contributed by atoms with Crippen molar-refractivity contribution in [2.45, 2.75) is 51.9 Å². The highest BCUT2D eigenvalue weighted by Gasteiger charge is 2.20. The Hall–Kier alpha value is -1.06. The first-order valence-electron chi connectivity index (χ1n) is 6.61. The molecule has 1 amide bonds. The van der Waals surface area contributed by atoms with Gasteiger partial charge < -0.3 is 10.4 Å². The van der Waals surface area contributed by atoms with Gasteiger partial charge in [-0.1, -0.05) is 39.0 Å². The minimum Gasteiger partial charge on any atom is -0.481 e. The van der Waals surface area contributed by atoms with E-state index in [1.165, 1.54) is 19.3 Å². The van der Waals surface area contributed by atoms with Gasteiger partial charge in [0.05, 0.1) is 5.92 Å². The number of carboxylic acids is 1. The maximum atomic E-state index is 11.9. The zero-order valence-corrected chi connectivity index (χ0v) is 10.6. The molecule has 1 atom stereocenters. The summed E-state index contributed by atoms with van der Waals surface area (Å²) in [6.45, 7) is 1.85. The molecule has 1 fully saturated rings. The fraction of sp³-hybridized carbons (Fsp3) is 0.846. The van der Waals surface area contributed by atoms with Crippen LogP contribution >= 0.6 is 0 Å². The van der Waals surface area contributed by atoms with Crippen molar-refractivity contribution < 1.29 is 14.7 Å². The van der Waals surface area contributed by atoms with Crippen molar-refractivity contribution in [1.29, 1.82) is 0 Å². The number of hydrogen-bond acceptors (Lipinski definition) is 2. The Morgan fingerprint density at radius 1 is 1.18 bits per heavy atom. The molecule has 2 N–H and O–H groups in total. The van der Waals surface area contributed by atoms with Gasteiger partial charge in [-0.05, 0) is 12.8 Å². The van der Waals surface area contributed by atoms with Crippen LogP contribution in [0.2, 0.25) is 0 Å². The number of carboxylic acid groups (broad SMARTS) is 1. The van der Waals surface area contributed by atoms with E-state index >= 15 is 0 Å². The zero-order chi connectivity index (χ0) is 12.7. The van der Waals surface area contributed by atoms with Crippen molar-refractivity contribution in [3.63, 3.8) is 0 Å². The van der Waals surface area contributed by atoms with E-state index < -0.39 is 11.9 Å². The Labute approximate surface area is 103 Å². The number of amides is 1. The SMILES string of the molecule is CC(CNC(=O)C1CCCCCCC1)C(=O)O. The molecule has 1 rings (SSSR count). The molecular formula is C13H23NO3. The van der Waals surface area contributed by atoms with Gasteiger partial charge in [0.25, 0.3) is 0 Å². The third-order valence-electron chi connectivity index (χ3n) is 3.48. The fourth-order valence-corrected chi connectivity index (χ4v) is 2.20. The van der Waals surface area contributed by atoms with Crippen molar-refractivity contribution >= 4 is 11.9 Å². The van der Waals surface area contributed by atoms with Crippen LogP contribution in [0.4, 0.5) is 0 Å². The summed E-state index contributed by atoms with van der Waals surface area (Å²) < 4.78 is 0. The van der Waals surface area contributed by atoms with Crippen molar-refractivity contribution in [3.8, 4) is 0 Å². The zero-order valence-electron chi connectivity index (χ0n) is 10.6. The molecule has 0 aliphatic heterocycles. The maximum absolute atomic E-state index is 11.9. The molecule has 0 bridgehead atoms. The van der Waals surface area contributed by atoms with Gasteiger partial charge in [-0.25, -0.2) is 0 Å². The highest BCUT2D eigenvalue weighted by atomic mass is 16.4. The molecule has 4 nitrogen and oxygen atoms in total. The summed E-state index contributed by atoms with van der Waals surface area (Å²) in [6, 6.07) is 0. The Morgan fingerprint density at radius 2 is 1.71 bits per heavy atom. The Bertz CT molecular complexity index is 257. The summed E-state index contributed by atoms with van der Waals surface area (Å²) in [6.07, 6.45) is 7.86. The predicted octanol–water partition coefficient (Wildman–Crippen LogP) is 2.18. The molecule has 1 unspecified atom stereocenters. The van der Waals surface area contributed by atoms with Gasteiger partial charge in [0, 0.05) is 12.5 Å². The Morgan fingerprint density at radius 3 is 2.24 bits per heavy atom. The predicted molar refractivity (Wildman–Crippen MR) is 65.6 cm³/mol. The van der Waals surface area contributed by atoms with Crippen LogP contribution in [0.25, 0.3) is 0 Å². The molecule has 1 aliphatic carbocycles. The van der Waals surface area contributed by atoms with E-state index in [4.69, 9.17) is 5.11 Å². The normalized spacial score (nSPS) is 20.1. The van der Waals surface area contributed by atoms with E-state index in [0.29, 0.717) is 0 Å². The van der Waals surface area contributed by atoms with Gasteiger partial charge in [0.2, 0.25) is 5.91 Å². The number of carbonyl (C=O) groups excluding carboxylic acids is 1. The van der Waals surface area contributed by atoms with E-state index in [1.54, 1.807) is 6.92 Å². The van der Waals surface area contributed by atoms with Crippen LogP contribution in [-0.2, 0) is 9.59 Å². The first kappa shape index (κ1) is 14.0. The second-order valence-corrected chi connectivity index (χ2v) is 5.03. The molecule has 0 aromatic carbocycles. The van der Waals surface area contributed by atoms with Gasteiger partial charge in [-0.2, -0.15) is 0 Å². The summed E-state index contributed by atoms with van der Waals surface area (Å²) >= 11 is 0. The van der Waals surface area contributed by atoms with Crippen molar-refractivity contribution in [1.82, 2.24) is 5.32 Å². The summed E-state index contributed by atoms with van der Waals surface area (Å²) in [5.74, 6) is -1.23. The molecule has 0 spiro atoms. The minimum atomic E-state index is -0.858. The average Bonchev–Trinajstić information content (AvgIpc) is 2.24. The van der Waals surface area contributed by atoms with Crippen LogP contribution < -0.4 is 5.32 Å². The largest absolute Gasteiger partial charge is 0.481 e. The lowest BCUT2D eigenvalue weighted by Gasteiger charge is -2.19. The van der Waals surface area contributed by atoms with Crippen molar-refractivity contribution in [2.24, 2.45) is 11.8 Å². The number of nitrogens with one attached hydrogen (secondary N) is 1. The lowest BCUT2D eigenvalue weighted by Crippen LogP contribution is -2.36. The lowest BCUT2D eigenvalue weighted by atomic mass is 9.90. The van der Waals surface area contributed by atoms with E-state index in [2.05, 4.69) is 5.32 Å². The van der Waals surface area contributed by atoms with Crippen LogP contribution in [0.5, 0.6) is 0 Å². The fourth-order valence-electron chi connectivity index (χ4n) is 2.20. The quantitative estimate of drug-likeness (QED) is 0.792. The lowest BCUT2D eigenvalue weighted by molar-refractivity contribution is -0.141. The second-order valence-electron chi connectivity index (χ2n) is 5.03. The van der Waals surface area contributed by atoms with E-state index in [0.717, 1.165) is 25.7 Å². The van der Waals surface area contributed by atoms with Gasteiger partial charge >= 0.3 is 5.97 Å². The van der Waals surface area contributed by atoms with Gasteiger partial charge in [-0.3, -0.25) is 9.59 Å². The molecule has 1 saturated carbocycles. The monoisotopic (exact) mass is 241 g/mol. The van der Waals surface area contributed by atoms with E-state index in [1.807, 2.05) is 0 Å². The molecule has 0 aromatic rings. The Kier molecular flexibility index (Phi) is 6.01. The minimum absolute atomic E-state index is 0.0417. The van der Waals surface area contributed by atoms with Gasteiger partial charge in [0.15, 0.2) is 0 Å². The van der Waals surface area contributed by atoms with E-state index in [9.17, 15) is 9.59 Å². The average molecular weight is 241 g/mol. The second kappa shape index (κ2) is 7.30.